The molecule has 0 atom stereocenters. The molecule has 0 spiro atoms. The molecule has 0 fully saturated rings. The first-order valence-corrected chi connectivity index (χ1v) is 11.3. The highest BCUT2D eigenvalue weighted by Gasteiger charge is 2.22. The van der Waals surface area contributed by atoms with Crippen LogP contribution in [-0.4, -0.2) is 14.7 Å². The molecule has 0 bridgehead atoms. The van der Waals surface area contributed by atoms with Gasteiger partial charge in [0.05, 0.1) is 6.26 Å². The van der Waals surface area contributed by atoms with Crippen LogP contribution in [0.1, 0.15) is 23.6 Å². The van der Waals surface area contributed by atoms with Crippen molar-refractivity contribution >= 4 is 38.6 Å². The lowest BCUT2D eigenvalue weighted by atomic mass is 9.90. The first-order valence-electron chi connectivity index (χ1n) is 8.58. The standard InChI is InChI=1S/C22H19NO2S2/c1-15(16-8-7-9-17(14-16)23-27(2,24)25)22-18-10-3-5-12-20(18)26-21-13-6-4-11-19(21)22/h3-14,23H,1-2H3. The van der Waals surface area contributed by atoms with E-state index in [-0.39, 0.29) is 0 Å². The van der Waals surface area contributed by atoms with Crippen molar-refractivity contribution in [1.29, 1.82) is 0 Å². The van der Waals surface area contributed by atoms with Gasteiger partial charge in [-0.2, -0.15) is 0 Å². The largest absolute Gasteiger partial charge is 0.284 e. The van der Waals surface area contributed by atoms with Crippen LogP contribution in [0.3, 0.4) is 0 Å². The van der Waals surface area contributed by atoms with Crippen LogP contribution in [0.2, 0.25) is 0 Å². The number of benzene rings is 3. The summed E-state index contributed by atoms with van der Waals surface area (Å²) in [5.74, 6) is 0. The van der Waals surface area contributed by atoms with Crippen molar-refractivity contribution in [1.82, 2.24) is 0 Å². The summed E-state index contributed by atoms with van der Waals surface area (Å²) in [5.41, 5.74) is 6.29. The molecule has 3 nitrogen and oxygen atoms in total. The third-order valence-corrected chi connectivity index (χ3v) is 6.26. The summed E-state index contributed by atoms with van der Waals surface area (Å²) >= 11 is 1.78. The van der Waals surface area contributed by atoms with Gasteiger partial charge in [-0.15, -0.1) is 0 Å². The smallest absolute Gasteiger partial charge is 0.229 e. The summed E-state index contributed by atoms with van der Waals surface area (Å²) < 4.78 is 25.7. The Balaban J connectivity index is 1.92. The van der Waals surface area contributed by atoms with Crippen LogP contribution in [0.15, 0.2) is 82.6 Å². The molecule has 27 heavy (non-hydrogen) atoms. The molecule has 1 aliphatic heterocycles. The molecule has 0 aliphatic carbocycles. The third-order valence-electron chi connectivity index (χ3n) is 4.51. The number of nitrogens with one attached hydrogen (secondary N) is 1. The van der Waals surface area contributed by atoms with Crippen molar-refractivity contribution in [2.45, 2.75) is 16.7 Å². The van der Waals surface area contributed by atoms with Crippen LogP contribution in [-0.2, 0) is 10.0 Å². The van der Waals surface area contributed by atoms with E-state index in [0.717, 1.165) is 17.4 Å². The Morgan fingerprint density at radius 2 is 1.44 bits per heavy atom. The van der Waals surface area contributed by atoms with Crippen molar-refractivity contribution in [3.63, 3.8) is 0 Å². The van der Waals surface area contributed by atoms with E-state index in [1.165, 1.54) is 26.5 Å². The highest BCUT2D eigenvalue weighted by molar-refractivity contribution is 7.99. The van der Waals surface area contributed by atoms with Crippen LogP contribution < -0.4 is 4.72 Å². The van der Waals surface area contributed by atoms with Gasteiger partial charge < -0.3 is 0 Å². The Hall–Kier alpha value is -2.50. The van der Waals surface area contributed by atoms with Crippen molar-refractivity contribution in [2.24, 2.45) is 0 Å². The maximum Gasteiger partial charge on any atom is 0.229 e. The second kappa shape index (κ2) is 6.91. The second-order valence-electron chi connectivity index (χ2n) is 6.55. The van der Waals surface area contributed by atoms with E-state index in [2.05, 4.69) is 60.2 Å². The Morgan fingerprint density at radius 1 is 0.852 bits per heavy atom. The van der Waals surface area contributed by atoms with Gasteiger partial charge in [-0.05, 0) is 59.0 Å². The number of fused-ring (bicyclic) bond motifs is 2. The zero-order chi connectivity index (χ0) is 19.0. The number of hydrogen-bond acceptors (Lipinski definition) is 3. The van der Waals surface area contributed by atoms with E-state index in [1.54, 1.807) is 17.8 Å². The van der Waals surface area contributed by atoms with Crippen molar-refractivity contribution in [2.75, 3.05) is 11.0 Å². The fraction of sp³-hybridized carbons (Fsp3) is 0.0909. The molecule has 1 heterocycles. The molecule has 1 N–H and O–H groups in total. The average molecular weight is 394 g/mol. The molecule has 5 heteroatoms. The lowest BCUT2D eigenvalue weighted by molar-refractivity contribution is 0.607. The Kier molecular flexibility index (Phi) is 4.58. The molecule has 0 saturated carbocycles. The highest BCUT2D eigenvalue weighted by atomic mass is 32.2. The number of anilines is 1. The van der Waals surface area contributed by atoms with E-state index < -0.39 is 10.0 Å². The molecule has 3 aromatic carbocycles. The maximum atomic E-state index is 11.6. The van der Waals surface area contributed by atoms with Gasteiger partial charge in [0.1, 0.15) is 0 Å². The minimum absolute atomic E-state index is 0.571. The predicted molar refractivity (Wildman–Crippen MR) is 114 cm³/mol. The fourth-order valence-corrected chi connectivity index (χ4v) is 5.01. The molecule has 0 amide bonds. The first kappa shape index (κ1) is 17.9. The molecule has 0 aromatic heterocycles. The summed E-state index contributed by atoms with van der Waals surface area (Å²) in [6.45, 7) is 2.10. The van der Waals surface area contributed by atoms with E-state index in [0.29, 0.717) is 5.69 Å². The third kappa shape index (κ3) is 3.66. The Morgan fingerprint density at radius 3 is 2.04 bits per heavy atom. The van der Waals surface area contributed by atoms with Crippen LogP contribution in [0.25, 0.3) is 11.1 Å². The predicted octanol–water partition coefficient (Wildman–Crippen LogP) is 5.50. The topological polar surface area (TPSA) is 46.2 Å². The highest BCUT2D eigenvalue weighted by Crippen LogP contribution is 2.47. The molecule has 0 unspecified atom stereocenters. The Labute approximate surface area is 164 Å². The van der Waals surface area contributed by atoms with Crippen molar-refractivity contribution in [3.8, 4) is 0 Å². The van der Waals surface area contributed by atoms with Crippen LogP contribution >= 0.6 is 11.8 Å². The van der Waals surface area contributed by atoms with Crippen LogP contribution in [0, 0.1) is 0 Å². The first-order chi connectivity index (χ1) is 12.9. The minimum Gasteiger partial charge on any atom is -0.284 e. The van der Waals surface area contributed by atoms with Gasteiger partial charge in [0.2, 0.25) is 10.0 Å². The van der Waals surface area contributed by atoms with E-state index in [4.69, 9.17) is 0 Å². The number of rotatable bonds is 3. The zero-order valence-corrected chi connectivity index (χ0v) is 16.7. The lowest BCUT2D eigenvalue weighted by Crippen LogP contribution is -2.09. The van der Waals surface area contributed by atoms with Crippen LogP contribution in [0.4, 0.5) is 5.69 Å². The van der Waals surface area contributed by atoms with Gasteiger partial charge in [0.15, 0.2) is 0 Å². The Bertz CT molecular complexity index is 1120. The molecular formula is C22H19NO2S2. The summed E-state index contributed by atoms with van der Waals surface area (Å²) in [5, 5.41) is 0. The summed E-state index contributed by atoms with van der Waals surface area (Å²) in [4.78, 5) is 2.46. The van der Waals surface area contributed by atoms with Crippen molar-refractivity contribution in [3.05, 3.63) is 89.5 Å². The summed E-state index contributed by atoms with van der Waals surface area (Å²) in [6.07, 6.45) is 1.16. The van der Waals surface area contributed by atoms with Crippen LogP contribution in [0.5, 0.6) is 0 Å². The number of sulfonamides is 1. The molecule has 4 rings (SSSR count). The number of hydrogen-bond donors (Lipinski definition) is 1. The minimum atomic E-state index is -3.31. The molecular weight excluding hydrogens is 374 g/mol. The SMILES string of the molecule is CC(=C1c2ccccc2Sc2ccccc21)c1cccc(NS(C)(=O)=O)c1. The summed E-state index contributed by atoms with van der Waals surface area (Å²) in [6, 6.07) is 24.4. The molecule has 0 radical (unpaired) electrons. The maximum absolute atomic E-state index is 11.6. The summed E-state index contributed by atoms with van der Waals surface area (Å²) in [7, 11) is -3.31. The normalized spacial score (nSPS) is 12.9. The molecule has 0 saturated heterocycles. The van der Waals surface area contributed by atoms with Gasteiger partial charge in [-0.1, -0.05) is 60.3 Å². The van der Waals surface area contributed by atoms with Gasteiger partial charge in [0, 0.05) is 15.5 Å². The second-order valence-corrected chi connectivity index (χ2v) is 9.38. The van der Waals surface area contributed by atoms with E-state index >= 15 is 0 Å². The van der Waals surface area contributed by atoms with Crippen molar-refractivity contribution < 1.29 is 8.42 Å². The van der Waals surface area contributed by atoms with Gasteiger partial charge in [0.25, 0.3) is 0 Å². The monoisotopic (exact) mass is 393 g/mol. The molecule has 1 aliphatic rings. The number of allylic oxidation sites excluding steroid dienone is 1. The van der Waals surface area contributed by atoms with Gasteiger partial charge in [-0.3, -0.25) is 4.72 Å². The van der Waals surface area contributed by atoms with E-state index in [1.807, 2.05) is 18.2 Å². The van der Waals surface area contributed by atoms with Gasteiger partial charge in [-0.25, -0.2) is 8.42 Å². The lowest BCUT2D eigenvalue weighted by Gasteiger charge is -2.24. The fourth-order valence-electron chi connectivity index (χ4n) is 3.37. The molecule has 136 valence electrons. The molecule has 3 aromatic rings. The van der Waals surface area contributed by atoms with Gasteiger partial charge >= 0.3 is 0 Å². The zero-order valence-electron chi connectivity index (χ0n) is 15.1. The average Bonchev–Trinajstić information content (AvgIpc) is 2.64. The van der Waals surface area contributed by atoms with E-state index in [9.17, 15) is 8.42 Å². The quantitative estimate of drug-likeness (QED) is 0.500.